The van der Waals surface area contributed by atoms with Crippen molar-refractivity contribution in [1.82, 2.24) is 10.2 Å². The second-order valence-electron chi connectivity index (χ2n) is 4.37. The van der Waals surface area contributed by atoms with E-state index in [0.29, 0.717) is 17.2 Å². The summed E-state index contributed by atoms with van der Waals surface area (Å²) in [7, 11) is 8.91. The molecule has 0 spiro atoms. The lowest BCUT2D eigenvalue weighted by molar-refractivity contribution is 0.313. The van der Waals surface area contributed by atoms with Crippen molar-refractivity contribution in [1.29, 1.82) is 0 Å². The molecular formula is C14H26Cl2N2O3. The van der Waals surface area contributed by atoms with Gasteiger partial charge >= 0.3 is 0 Å². The number of benzene rings is 1. The van der Waals surface area contributed by atoms with E-state index in [1.165, 1.54) is 0 Å². The summed E-state index contributed by atoms with van der Waals surface area (Å²) in [4.78, 5) is 2.23. The summed E-state index contributed by atoms with van der Waals surface area (Å²) in [5.74, 6) is 2.02. The maximum absolute atomic E-state index is 5.35. The molecular weight excluding hydrogens is 315 g/mol. The molecule has 1 N–H and O–H groups in total. The first-order valence-corrected chi connectivity index (χ1v) is 6.28. The number of nitrogens with zero attached hydrogens (tertiary/aromatic N) is 1. The van der Waals surface area contributed by atoms with Gasteiger partial charge in [0.15, 0.2) is 11.5 Å². The van der Waals surface area contributed by atoms with Crippen molar-refractivity contribution in [3.05, 3.63) is 17.7 Å². The minimum atomic E-state index is 0. The van der Waals surface area contributed by atoms with E-state index in [0.717, 1.165) is 25.2 Å². The van der Waals surface area contributed by atoms with E-state index < -0.39 is 0 Å². The van der Waals surface area contributed by atoms with E-state index in [1.54, 1.807) is 21.3 Å². The molecule has 0 bridgehead atoms. The van der Waals surface area contributed by atoms with Crippen LogP contribution in [0.25, 0.3) is 0 Å². The fourth-order valence-electron chi connectivity index (χ4n) is 1.92. The molecule has 1 rings (SSSR count). The molecule has 0 saturated carbocycles. The van der Waals surface area contributed by atoms with Gasteiger partial charge < -0.3 is 24.4 Å². The van der Waals surface area contributed by atoms with Gasteiger partial charge in [0, 0.05) is 19.6 Å². The molecule has 0 aliphatic rings. The maximum Gasteiger partial charge on any atom is 0.203 e. The first-order valence-electron chi connectivity index (χ1n) is 6.28. The number of rotatable bonds is 8. The lowest BCUT2D eigenvalue weighted by atomic mass is 10.1. The summed E-state index contributed by atoms with van der Waals surface area (Å²) in [5.41, 5.74) is 1.13. The number of nitrogens with one attached hydrogen (secondary N) is 1. The van der Waals surface area contributed by atoms with Crippen LogP contribution < -0.4 is 19.5 Å². The molecule has 21 heavy (non-hydrogen) atoms. The van der Waals surface area contributed by atoms with Gasteiger partial charge in [-0.25, -0.2) is 0 Å². The van der Waals surface area contributed by atoms with Gasteiger partial charge in [-0.05, 0) is 31.8 Å². The highest BCUT2D eigenvalue weighted by Gasteiger charge is 2.13. The number of likely N-dealkylation sites (N-methyl/N-ethyl adjacent to an activating group) is 2. The number of halogens is 2. The molecule has 0 aromatic heterocycles. The molecule has 1 aromatic carbocycles. The van der Waals surface area contributed by atoms with Crippen LogP contribution in [0.3, 0.4) is 0 Å². The summed E-state index contributed by atoms with van der Waals surface area (Å²) >= 11 is 0. The highest BCUT2D eigenvalue weighted by Crippen LogP contribution is 2.38. The zero-order valence-electron chi connectivity index (χ0n) is 13.3. The van der Waals surface area contributed by atoms with Crippen molar-refractivity contribution in [2.24, 2.45) is 0 Å². The molecule has 0 aliphatic carbocycles. The first kappa shape index (κ1) is 22.4. The Balaban J connectivity index is 0. The lowest BCUT2D eigenvalue weighted by Crippen LogP contribution is -2.26. The predicted molar refractivity (Wildman–Crippen MR) is 90.9 cm³/mol. The Morgan fingerprint density at radius 2 is 1.52 bits per heavy atom. The van der Waals surface area contributed by atoms with E-state index in [4.69, 9.17) is 14.2 Å². The third-order valence-electron chi connectivity index (χ3n) is 2.92. The molecule has 0 unspecified atom stereocenters. The Hall–Kier alpha value is -0.880. The van der Waals surface area contributed by atoms with Gasteiger partial charge in [0.05, 0.1) is 21.3 Å². The van der Waals surface area contributed by atoms with Gasteiger partial charge in [-0.2, -0.15) is 0 Å². The molecule has 0 radical (unpaired) electrons. The monoisotopic (exact) mass is 340 g/mol. The maximum atomic E-state index is 5.35. The molecule has 0 heterocycles. The van der Waals surface area contributed by atoms with Crippen LogP contribution in [0.4, 0.5) is 0 Å². The molecule has 5 nitrogen and oxygen atoms in total. The summed E-state index contributed by atoms with van der Waals surface area (Å²) in [6, 6.07) is 3.97. The number of ether oxygens (including phenoxy) is 3. The van der Waals surface area contributed by atoms with Crippen LogP contribution in [0.1, 0.15) is 5.56 Å². The molecule has 0 amide bonds. The predicted octanol–water partition coefficient (Wildman–Crippen LogP) is 2.21. The fourth-order valence-corrected chi connectivity index (χ4v) is 1.92. The lowest BCUT2D eigenvalue weighted by Gasteiger charge is -2.19. The van der Waals surface area contributed by atoms with Crippen molar-refractivity contribution in [3.63, 3.8) is 0 Å². The Morgan fingerprint density at radius 3 is 1.90 bits per heavy atom. The van der Waals surface area contributed by atoms with Crippen molar-refractivity contribution >= 4 is 24.8 Å². The van der Waals surface area contributed by atoms with Crippen LogP contribution in [0, 0.1) is 0 Å². The number of methoxy groups -OCH3 is 3. The molecule has 1 aromatic rings. The van der Waals surface area contributed by atoms with E-state index in [9.17, 15) is 0 Å². The normalized spacial score (nSPS) is 9.62. The summed E-state index contributed by atoms with van der Waals surface area (Å²) in [5, 5.41) is 3.14. The summed E-state index contributed by atoms with van der Waals surface area (Å²) in [6.45, 7) is 2.77. The molecule has 0 fully saturated rings. The van der Waals surface area contributed by atoms with Crippen molar-refractivity contribution < 1.29 is 14.2 Å². The average molecular weight is 341 g/mol. The Bertz CT molecular complexity index is 381. The van der Waals surface area contributed by atoms with Gasteiger partial charge in [-0.15, -0.1) is 24.8 Å². The number of hydrogen-bond donors (Lipinski definition) is 1. The van der Waals surface area contributed by atoms with Gasteiger partial charge in [0.25, 0.3) is 0 Å². The molecule has 0 saturated heterocycles. The van der Waals surface area contributed by atoms with E-state index in [1.807, 2.05) is 19.2 Å². The third kappa shape index (κ3) is 6.61. The highest BCUT2D eigenvalue weighted by molar-refractivity contribution is 5.85. The Labute approximate surface area is 139 Å². The van der Waals surface area contributed by atoms with Crippen molar-refractivity contribution in [2.75, 3.05) is 48.5 Å². The average Bonchev–Trinajstić information content (AvgIpc) is 2.43. The van der Waals surface area contributed by atoms with Gasteiger partial charge in [-0.1, -0.05) is 0 Å². The van der Waals surface area contributed by atoms with Gasteiger partial charge in [-0.3, -0.25) is 0 Å². The van der Waals surface area contributed by atoms with Crippen LogP contribution in [-0.4, -0.2) is 53.4 Å². The minimum Gasteiger partial charge on any atom is -0.493 e. The molecule has 0 aliphatic heterocycles. The summed E-state index contributed by atoms with van der Waals surface area (Å²) < 4.78 is 16.0. The number of hydrogen-bond acceptors (Lipinski definition) is 5. The van der Waals surface area contributed by atoms with Gasteiger partial charge in [0.2, 0.25) is 5.75 Å². The van der Waals surface area contributed by atoms with Crippen molar-refractivity contribution in [3.8, 4) is 17.2 Å². The summed E-state index contributed by atoms with van der Waals surface area (Å²) in [6.07, 6.45) is 0. The standard InChI is InChI=1S/C14H24N2O3.2ClH/c1-15-6-7-16(2)10-11-8-12(17-3)14(19-5)13(9-11)18-4;;/h8-9,15H,6-7,10H2,1-5H3;2*1H. The Morgan fingerprint density at radius 1 is 1.00 bits per heavy atom. The van der Waals surface area contributed by atoms with Crippen LogP contribution in [-0.2, 0) is 6.54 Å². The SMILES string of the molecule is CNCCN(C)Cc1cc(OC)c(OC)c(OC)c1.Cl.Cl. The van der Waals surface area contributed by atoms with Gasteiger partial charge in [0.1, 0.15) is 0 Å². The van der Waals surface area contributed by atoms with Crippen LogP contribution >= 0.6 is 24.8 Å². The first-order chi connectivity index (χ1) is 9.15. The van der Waals surface area contributed by atoms with E-state index in [-0.39, 0.29) is 24.8 Å². The molecule has 124 valence electrons. The Kier molecular flexibility index (Phi) is 12.5. The molecule has 7 heteroatoms. The third-order valence-corrected chi connectivity index (χ3v) is 2.92. The topological polar surface area (TPSA) is 43.0 Å². The highest BCUT2D eigenvalue weighted by atomic mass is 35.5. The second kappa shape index (κ2) is 11.7. The largest absolute Gasteiger partial charge is 0.493 e. The zero-order valence-corrected chi connectivity index (χ0v) is 14.9. The van der Waals surface area contributed by atoms with E-state index in [2.05, 4.69) is 17.3 Å². The van der Waals surface area contributed by atoms with Crippen LogP contribution in [0.5, 0.6) is 17.2 Å². The van der Waals surface area contributed by atoms with Crippen LogP contribution in [0.2, 0.25) is 0 Å². The zero-order chi connectivity index (χ0) is 14.3. The van der Waals surface area contributed by atoms with E-state index >= 15 is 0 Å². The minimum absolute atomic E-state index is 0. The molecule has 0 atom stereocenters. The fraction of sp³-hybridized carbons (Fsp3) is 0.571. The van der Waals surface area contributed by atoms with Crippen molar-refractivity contribution in [2.45, 2.75) is 6.54 Å². The second-order valence-corrected chi connectivity index (χ2v) is 4.37. The quantitative estimate of drug-likeness (QED) is 0.785. The van der Waals surface area contributed by atoms with Crippen LogP contribution in [0.15, 0.2) is 12.1 Å². The smallest absolute Gasteiger partial charge is 0.203 e.